The van der Waals surface area contributed by atoms with Crippen LogP contribution in [0.15, 0.2) is 36.9 Å². The highest BCUT2D eigenvalue weighted by molar-refractivity contribution is 6.33. The first kappa shape index (κ1) is 17.1. The van der Waals surface area contributed by atoms with E-state index < -0.39 is 11.7 Å². The van der Waals surface area contributed by atoms with Crippen LogP contribution in [-0.2, 0) is 6.18 Å². The van der Waals surface area contributed by atoms with Crippen molar-refractivity contribution in [1.82, 2.24) is 24.9 Å². The summed E-state index contributed by atoms with van der Waals surface area (Å²) in [7, 11) is 0. The van der Waals surface area contributed by atoms with Crippen LogP contribution in [0.5, 0.6) is 0 Å². The molecule has 134 valence electrons. The van der Waals surface area contributed by atoms with E-state index >= 15 is 0 Å². The second-order valence-corrected chi connectivity index (χ2v) is 6.01. The van der Waals surface area contributed by atoms with Gasteiger partial charge in [-0.15, -0.1) is 0 Å². The second-order valence-electron chi connectivity index (χ2n) is 5.60. The molecule has 4 aromatic rings. The Labute approximate surface area is 154 Å². The van der Waals surface area contributed by atoms with E-state index in [1.807, 2.05) is 6.07 Å². The van der Waals surface area contributed by atoms with Gasteiger partial charge in [-0.25, -0.2) is 15.0 Å². The van der Waals surface area contributed by atoms with E-state index in [9.17, 15) is 18.4 Å². The van der Waals surface area contributed by atoms with E-state index in [1.54, 1.807) is 0 Å². The first-order valence-corrected chi connectivity index (χ1v) is 7.91. The Morgan fingerprint density at radius 1 is 1.11 bits per heavy atom. The molecule has 0 radical (unpaired) electrons. The van der Waals surface area contributed by atoms with Gasteiger partial charge >= 0.3 is 6.18 Å². The van der Waals surface area contributed by atoms with Crippen molar-refractivity contribution in [1.29, 1.82) is 5.26 Å². The van der Waals surface area contributed by atoms with Crippen LogP contribution in [0.4, 0.5) is 13.2 Å². The first-order chi connectivity index (χ1) is 12.9. The molecule has 10 heteroatoms. The number of nitrogens with one attached hydrogen (secondary N) is 2. The Morgan fingerprint density at radius 3 is 2.67 bits per heavy atom. The highest BCUT2D eigenvalue weighted by Gasteiger charge is 2.31. The number of hydrogen-bond donors (Lipinski definition) is 2. The van der Waals surface area contributed by atoms with E-state index in [0.717, 1.165) is 18.2 Å². The lowest BCUT2D eigenvalue weighted by molar-refractivity contribution is -0.137. The van der Waals surface area contributed by atoms with Gasteiger partial charge in [0.25, 0.3) is 0 Å². The summed E-state index contributed by atoms with van der Waals surface area (Å²) in [5.41, 5.74) is 1.29. The Hall–Kier alpha value is -3.38. The predicted molar refractivity (Wildman–Crippen MR) is 91.6 cm³/mol. The Bertz CT molecular complexity index is 1200. The minimum atomic E-state index is -4.53. The third-order valence-corrected chi connectivity index (χ3v) is 4.30. The summed E-state index contributed by atoms with van der Waals surface area (Å²) in [4.78, 5) is 18.1. The smallest absolute Gasteiger partial charge is 0.352 e. The second kappa shape index (κ2) is 6.10. The highest BCUT2D eigenvalue weighted by Crippen LogP contribution is 2.38. The third-order valence-electron chi connectivity index (χ3n) is 3.97. The molecule has 0 aliphatic carbocycles. The molecule has 3 heterocycles. The Morgan fingerprint density at radius 2 is 1.93 bits per heavy atom. The summed E-state index contributed by atoms with van der Waals surface area (Å²) >= 11 is 6.10. The lowest BCUT2D eigenvalue weighted by Gasteiger charge is -2.10. The van der Waals surface area contributed by atoms with E-state index in [1.165, 1.54) is 18.7 Å². The summed E-state index contributed by atoms with van der Waals surface area (Å²) in [6, 6.07) is 6.40. The van der Waals surface area contributed by atoms with Gasteiger partial charge in [0.15, 0.2) is 5.65 Å². The minimum Gasteiger partial charge on any atom is -0.352 e. The molecule has 0 atom stereocenters. The number of nitrogens with zero attached hydrogens (tertiary/aromatic N) is 4. The molecule has 0 saturated carbocycles. The normalized spacial score (nSPS) is 11.7. The number of fused-ring (bicyclic) bond motifs is 1. The van der Waals surface area contributed by atoms with Crippen molar-refractivity contribution in [2.75, 3.05) is 0 Å². The maximum atomic E-state index is 13.1. The number of nitriles is 1. The van der Waals surface area contributed by atoms with E-state index in [-0.39, 0.29) is 21.8 Å². The SMILES string of the molecule is N#Cc1cc(-c2ncnc3[nH]cnc23)[nH]c1-c1cc(C(F)(F)F)ccc1Cl. The largest absolute Gasteiger partial charge is 0.416 e. The van der Waals surface area contributed by atoms with E-state index in [2.05, 4.69) is 24.9 Å². The fraction of sp³-hybridized carbons (Fsp3) is 0.0588. The van der Waals surface area contributed by atoms with Crippen LogP contribution in [0.3, 0.4) is 0 Å². The summed E-state index contributed by atoms with van der Waals surface area (Å²) in [6.45, 7) is 0. The topological polar surface area (TPSA) is 94.0 Å². The van der Waals surface area contributed by atoms with Gasteiger partial charge in [-0.2, -0.15) is 18.4 Å². The molecule has 0 spiro atoms. The number of aromatic nitrogens is 5. The van der Waals surface area contributed by atoms with Crippen LogP contribution in [0.25, 0.3) is 33.8 Å². The monoisotopic (exact) mass is 388 g/mol. The molecule has 0 aliphatic heterocycles. The molecule has 6 nitrogen and oxygen atoms in total. The van der Waals surface area contributed by atoms with Crippen LogP contribution in [0.2, 0.25) is 5.02 Å². The van der Waals surface area contributed by atoms with Crippen molar-refractivity contribution in [3.8, 4) is 28.7 Å². The number of benzene rings is 1. The molecule has 0 saturated heterocycles. The van der Waals surface area contributed by atoms with Crippen molar-refractivity contribution in [3.63, 3.8) is 0 Å². The van der Waals surface area contributed by atoms with Crippen LogP contribution in [0, 0.1) is 11.3 Å². The van der Waals surface area contributed by atoms with Gasteiger partial charge in [0.2, 0.25) is 0 Å². The minimum absolute atomic E-state index is 0.0709. The van der Waals surface area contributed by atoms with Crippen molar-refractivity contribution in [2.45, 2.75) is 6.18 Å². The lowest BCUT2D eigenvalue weighted by Crippen LogP contribution is -2.05. The van der Waals surface area contributed by atoms with Gasteiger partial charge in [-0.05, 0) is 24.3 Å². The van der Waals surface area contributed by atoms with Gasteiger partial charge < -0.3 is 9.97 Å². The predicted octanol–water partition coefficient (Wildman–Crippen LogP) is 4.56. The highest BCUT2D eigenvalue weighted by atomic mass is 35.5. The first-order valence-electron chi connectivity index (χ1n) is 7.53. The number of rotatable bonds is 2. The van der Waals surface area contributed by atoms with Gasteiger partial charge in [0.05, 0.1) is 28.8 Å². The number of H-pyrrole nitrogens is 2. The lowest BCUT2D eigenvalue weighted by atomic mass is 10.1. The Kier molecular flexibility index (Phi) is 3.86. The zero-order valence-corrected chi connectivity index (χ0v) is 14.0. The molecule has 0 amide bonds. The molecule has 4 rings (SSSR count). The van der Waals surface area contributed by atoms with E-state index in [4.69, 9.17) is 11.6 Å². The van der Waals surface area contributed by atoms with Crippen molar-refractivity contribution in [2.24, 2.45) is 0 Å². The standard InChI is InChI=1S/C17H8ClF3N6/c18-11-2-1-9(17(19,20)21)4-10(11)13-8(5-22)3-12(27-13)14-15-16(25-6-23-14)26-7-24-15/h1-4,6-7,27H,(H,23,24,25,26). The zero-order chi connectivity index (χ0) is 19.2. The van der Waals surface area contributed by atoms with Crippen LogP contribution >= 0.6 is 11.6 Å². The average molecular weight is 389 g/mol. The van der Waals surface area contributed by atoms with Crippen molar-refractivity contribution in [3.05, 3.63) is 53.1 Å². The molecule has 3 aromatic heterocycles. The summed E-state index contributed by atoms with van der Waals surface area (Å²) in [5.74, 6) is 0. The molecule has 0 bridgehead atoms. The summed E-state index contributed by atoms with van der Waals surface area (Å²) in [6.07, 6.45) is -1.77. The number of imidazole rings is 1. The molecular formula is C17H8ClF3N6. The third kappa shape index (κ3) is 2.90. The molecule has 0 unspecified atom stereocenters. The molecule has 0 fully saturated rings. The Balaban J connectivity index is 1.92. The van der Waals surface area contributed by atoms with Crippen LogP contribution in [-0.4, -0.2) is 24.9 Å². The van der Waals surface area contributed by atoms with Gasteiger partial charge in [-0.1, -0.05) is 11.6 Å². The number of aromatic amines is 2. The van der Waals surface area contributed by atoms with E-state index in [0.29, 0.717) is 22.6 Å². The van der Waals surface area contributed by atoms with Gasteiger partial charge in [-0.3, -0.25) is 0 Å². The average Bonchev–Trinajstić information content (AvgIpc) is 3.27. The number of hydrogen-bond acceptors (Lipinski definition) is 4. The number of halogens is 4. The molecule has 27 heavy (non-hydrogen) atoms. The number of alkyl halides is 3. The zero-order valence-electron chi connectivity index (χ0n) is 13.3. The van der Waals surface area contributed by atoms with Crippen LogP contribution < -0.4 is 0 Å². The maximum Gasteiger partial charge on any atom is 0.416 e. The van der Waals surface area contributed by atoms with Crippen molar-refractivity contribution < 1.29 is 13.2 Å². The fourth-order valence-electron chi connectivity index (χ4n) is 2.74. The fourth-order valence-corrected chi connectivity index (χ4v) is 2.95. The quantitative estimate of drug-likeness (QED) is 0.526. The molecule has 0 aliphatic rings. The van der Waals surface area contributed by atoms with Gasteiger partial charge in [0, 0.05) is 10.6 Å². The summed E-state index contributed by atoms with van der Waals surface area (Å²) < 4.78 is 39.2. The summed E-state index contributed by atoms with van der Waals surface area (Å²) in [5, 5.41) is 9.53. The molecular weight excluding hydrogens is 381 g/mol. The van der Waals surface area contributed by atoms with Crippen LogP contribution in [0.1, 0.15) is 11.1 Å². The molecule has 1 aromatic carbocycles. The van der Waals surface area contributed by atoms with Crippen molar-refractivity contribution >= 4 is 22.8 Å². The van der Waals surface area contributed by atoms with Gasteiger partial charge in [0.1, 0.15) is 23.6 Å². The maximum absolute atomic E-state index is 13.1. The molecule has 2 N–H and O–H groups in total.